The average Bonchev–Trinajstić information content (AvgIpc) is 2.61. The average molecular weight is 247 g/mol. The monoisotopic (exact) mass is 247 g/mol. The van der Waals surface area contributed by atoms with E-state index in [9.17, 15) is 13.2 Å². The largest absolute Gasteiger partial charge is 0.328 e. The molecule has 0 amide bonds. The summed E-state index contributed by atoms with van der Waals surface area (Å²) in [5.41, 5.74) is 5.72. The van der Waals surface area contributed by atoms with Gasteiger partial charge in [-0.05, 0) is 33.1 Å². The number of rotatable bonds is 5. The summed E-state index contributed by atoms with van der Waals surface area (Å²) in [6, 6.07) is 0.121. The lowest BCUT2D eigenvalue weighted by atomic mass is 10.0. The topological polar surface area (TPSA) is 77.2 Å². The van der Waals surface area contributed by atoms with Crippen molar-refractivity contribution < 1.29 is 13.2 Å². The number of carbonyl (C=O) groups excluding carboxylic acids is 1. The Labute approximate surface area is 97.5 Å². The highest BCUT2D eigenvalue weighted by atomic mass is 32.2. The van der Waals surface area contributed by atoms with Crippen molar-refractivity contribution in [3.8, 4) is 0 Å². The van der Waals surface area contributed by atoms with Crippen molar-refractivity contribution in [3.63, 3.8) is 0 Å². The van der Waals surface area contributed by atoms with E-state index < -0.39 is 15.1 Å². The van der Waals surface area contributed by atoms with Crippen molar-refractivity contribution >= 4 is 15.6 Å². The van der Waals surface area contributed by atoms with E-state index in [4.69, 9.17) is 5.73 Å². The molecular formula is C11H21NO3S. The maximum Gasteiger partial charge on any atom is 0.153 e. The Bertz CT molecular complexity index is 348. The Balaban J connectivity index is 2.42. The van der Waals surface area contributed by atoms with Gasteiger partial charge in [0, 0.05) is 18.4 Å². The van der Waals surface area contributed by atoms with Gasteiger partial charge >= 0.3 is 0 Å². The quantitative estimate of drug-likeness (QED) is 0.783. The van der Waals surface area contributed by atoms with E-state index >= 15 is 0 Å². The van der Waals surface area contributed by atoms with Crippen molar-refractivity contribution in [3.05, 3.63) is 0 Å². The smallest absolute Gasteiger partial charge is 0.153 e. The van der Waals surface area contributed by atoms with Gasteiger partial charge in [0.15, 0.2) is 9.84 Å². The van der Waals surface area contributed by atoms with Crippen LogP contribution in [0.5, 0.6) is 0 Å². The van der Waals surface area contributed by atoms with Crippen LogP contribution >= 0.6 is 0 Å². The lowest BCUT2D eigenvalue weighted by Gasteiger charge is -2.10. The molecule has 0 aromatic rings. The Morgan fingerprint density at radius 3 is 2.44 bits per heavy atom. The molecule has 2 atom stereocenters. The summed E-state index contributed by atoms with van der Waals surface area (Å²) >= 11 is 0. The summed E-state index contributed by atoms with van der Waals surface area (Å²) in [5.74, 6) is 0.0458. The fourth-order valence-electron chi connectivity index (χ4n) is 1.99. The third-order valence-electron chi connectivity index (χ3n) is 3.28. The molecule has 0 saturated heterocycles. The van der Waals surface area contributed by atoms with Gasteiger partial charge in [-0.1, -0.05) is 0 Å². The van der Waals surface area contributed by atoms with Gasteiger partial charge in [-0.25, -0.2) is 8.42 Å². The van der Waals surface area contributed by atoms with Gasteiger partial charge in [0.25, 0.3) is 0 Å². The zero-order valence-corrected chi connectivity index (χ0v) is 10.8. The number of hydrogen-bond acceptors (Lipinski definition) is 4. The number of ketones is 1. The predicted molar refractivity (Wildman–Crippen MR) is 63.9 cm³/mol. The Morgan fingerprint density at radius 1 is 1.38 bits per heavy atom. The van der Waals surface area contributed by atoms with Gasteiger partial charge in [0.1, 0.15) is 5.78 Å². The van der Waals surface area contributed by atoms with Crippen LogP contribution in [0.4, 0.5) is 0 Å². The van der Waals surface area contributed by atoms with E-state index in [1.54, 1.807) is 13.8 Å². The number of hydrogen-bond donors (Lipinski definition) is 1. The molecule has 5 heteroatoms. The molecule has 1 aliphatic rings. The third kappa shape index (κ3) is 3.56. The van der Waals surface area contributed by atoms with Gasteiger partial charge in [-0.15, -0.1) is 0 Å². The van der Waals surface area contributed by atoms with E-state index in [0.29, 0.717) is 0 Å². The zero-order valence-electron chi connectivity index (χ0n) is 9.98. The van der Waals surface area contributed by atoms with Crippen LogP contribution in [-0.4, -0.2) is 31.2 Å². The minimum absolute atomic E-state index is 0.00244. The highest BCUT2D eigenvalue weighted by Crippen LogP contribution is 2.26. The van der Waals surface area contributed by atoms with E-state index in [0.717, 1.165) is 19.3 Å². The molecule has 0 radical (unpaired) electrons. The molecule has 4 nitrogen and oxygen atoms in total. The molecule has 1 saturated carbocycles. The van der Waals surface area contributed by atoms with Crippen LogP contribution in [-0.2, 0) is 14.6 Å². The second kappa shape index (κ2) is 5.27. The number of nitrogens with two attached hydrogens (primary N) is 1. The number of Topliss-reactive ketones (excluding diaryl/α,β-unsaturated/α-hetero) is 1. The molecule has 0 aromatic heterocycles. The summed E-state index contributed by atoms with van der Waals surface area (Å²) < 4.78 is 23.1. The lowest BCUT2D eigenvalue weighted by Crippen LogP contribution is -2.23. The normalized spacial score (nSPS) is 26.2. The summed E-state index contributed by atoms with van der Waals surface area (Å²) in [4.78, 5) is 11.7. The lowest BCUT2D eigenvalue weighted by molar-refractivity contribution is -0.122. The molecule has 2 N–H and O–H groups in total. The first-order valence-electron chi connectivity index (χ1n) is 5.83. The molecule has 1 aliphatic carbocycles. The summed E-state index contributed by atoms with van der Waals surface area (Å²) in [5, 5.41) is -0.397. The molecule has 0 aliphatic heterocycles. The molecule has 16 heavy (non-hydrogen) atoms. The molecule has 2 unspecified atom stereocenters. The van der Waals surface area contributed by atoms with E-state index in [2.05, 4.69) is 0 Å². The fourth-order valence-corrected chi connectivity index (χ4v) is 2.95. The highest BCUT2D eigenvalue weighted by Gasteiger charge is 2.28. The van der Waals surface area contributed by atoms with E-state index in [-0.39, 0.29) is 29.9 Å². The van der Waals surface area contributed by atoms with Gasteiger partial charge < -0.3 is 5.73 Å². The van der Waals surface area contributed by atoms with Crippen LogP contribution in [0.25, 0.3) is 0 Å². The SMILES string of the molecule is CC(C)S(=O)(=O)CCC(=O)C1CCC(N)C1. The molecule has 0 spiro atoms. The highest BCUT2D eigenvalue weighted by molar-refractivity contribution is 7.91. The van der Waals surface area contributed by atoms with Crippen LogP contribution in [0.1, 0.15) is 39.5 Å². The summed E-state index contributed by atoms with van der Waals surface area (Å²) in [7, 11) is -3.09. The Kier molecular flexibility index (Phi) is 4.50. The molecule has 0 bridgehead atoms. The molecule has 94 valence electrons. The van der Waals surface area contributed by atoms with Crippen LogP contribution in [0.3, 0.4) is 0 Å². The van der Waals surface area contributed by atoms with Gasteiger partial charge in [-0.3, -0.25) is 4.79 Å². The Hall–Kier alpha value is -0.420. The fraction of sp³-hybridized carbons (Fsp3) is 0.909. The first kappa shape index (κ1) is 13.6. The molecule has 1 rings (SSSR count). The van der Waals surface area contributed by atoms with Gasteiger partial charge in [0.2, 0.25) is 0 Å². The van der Waals surface area contributed by atoms with Crippen molar-refractivity contribution in [2.45, 2.75) is 50.8 Å². The predicted octanol–water partition coefficient (Wildman–Crippen LogP) is 0.896. The maximum atomic E-state index is 11.7. The molecular weight excluding hydrogens is 226 g/mol. The van der Waals surface area contributed by atoms with Crippen LogP contribution in [0, 0.1) is 5.92 Å². The van der Waals surface area contributed by atoms with Crippen molar-refractivity contribution in [1.29, 1.82) is 0 Å². The number of carbonyl (C=O) groups is 1. The standard InChI is InChI=1S/C11H21NO3S/c1-8(2)16(14,15)6-5-11(13)9-3-4-10(12)7-9/h8-10H,3-7,12H2,1-2H3. The first-order valence-corrected chi connectivity index (χ1v) is 7.54. The first-order chi connectivity index (χ1) is 7.33. The van der Waals surface area contributed by atoms with Crippen molar-refractivity contribution in [2.75, 3.05) is 5.75 Å². The molecule has 1 fully saturated rings. The minimum Gasteiger partial charge on any atom is -0.328 e. The molecule has 0 aromatic carbocycles. The summed E-state index contributed by atoms with van der Waals surface area (Å²) in [6.45, 7) is 3.29. The van der Waals surface area contributed by atoms with Gasteiger partial charge in [0.05, 0.1) is 11.0 Å². The van der Waals surface area contributed by atoms with E-state index in [1.807, 2.05) is 0 Å². The minimum atomic E-state index is -3.09. The zero-order chi connectivity index (χ0) is 12.3. The summed E-state index contributed by atoms with van der Waals surface area (Å²) in [6.07, 6.45) is 2.58. The second-order valence-electron chi connectivity index (χ2n) is 4.90. The van der Waals surface area contributed by atoms with Gasteiger partial charge in [-0.2, -0.15) is 0 Å². The third-order valence-corrected chi connectivity index (χ3v) is 5.49. The Morgan fingerprint density at radius 2 is 2.00 bits per heavy atom. The van der Waals surface area contributed by atoms with Crippen LogP contribution in [0.2, 0.25) is 0 Å². The molecule has 0 heterocycles. The second-order valence-corrected chi connectivity index (χ2v) is 7.58. The maximum absolute atomic E-state index is 11.7. The van der Waals surface area contributed by atoms with Crippen LogP contribution < -0.4 is 5.73 Å². The number of sulfone groups is 1. The van der Waals surface area contributed by atoms with Crippen molar-refractivity contribution in [1.82, 2.24) is 0 Å². The van der Waals surface area contributed by atoms with Crippen LogP contribution in [0.15, 0.2) is 0 Å². The van der Waals surface area contributed by atoms with Crippen molar-refractivity contribution in [2.24, 2.45) is 11.7 Å². The van der Waals surface area contributed by atoms with E-state index in [1.165, 1.54) is 0 Å².